The fourth-order valence-electron chi connectivity index (χ4n) is 5.08. The third-order valence-corrected chi connectivity index (χ3v) is 7.10. The number of halogens is 1. The summed E-state index contributed by atoms with van der Waals surface area (Å²) in [5.41, 5.74) is 4.59. The third-order valence-electron chi connectivity index (χ3n) is 6.87. The lowest BCUT2D eigenvalue weighted by atomic mass is 10.00. The van der Waals surface area contributed by atoms with Crippen molar-refractivity contribution < 1.29 is 9.59 Å². The largest absolute Gasteiger partial charge is 0.339 e. The van der Waals surface area contributed by atoms with E-state index in [1.807, 2.05) is 18.2 Å². The van der Waals surface area contributed by atoms with E-state index >= 15 is 0 Å². The van der Waals surface area contributed by atoms with Crippen LogP contribution in [0.25, 0.3) is 10.9 Å². The van der Waals surface area contributed by atoms with Gasteiger partial charge in [0.05, 0.1) is 11.1 Å². The van der Waals surface area contributed by atoms with E-state index in [2.05, 4.69) is 60.1 Å². The standard InChI is InChI=1S/C30H30ClN3O2/c1-20(2)28(32-15-8-16-33-29(35)24-11-6-7-12-25(24)30(33)36)27-18-22-17-23(31)13-14-26(22)34(27)19-21-9-4-3-5-10-21/h3-7,9-14,17-18,20,28,32H,8,15-16,19H2,1-2H3. The number of carbonyl (C=O) groups is 2. The summed E-state index contributed by atoms with van der Waals surface area (Å²) in [6, 6.07) is 25.9. The highest BCUT2D eigenvalue weighted by Crippen LogP contribution is 2.31. The Kier molecular flexibility index (Phi) is 6.95. The molecule has 3 aromatic carbocycles. The molecule has 0 spiro atoms. The van der Waals surface area contributed by atoms with Gasteiger partial charge in [-0.05, 0) is 60.8 Å². The SMILES string of the molecule is CC(C)C(NCCCN1C(=O)c2ccccc2C1=O)c1cc2cc(Cl)ccc2n1Cc1ccccc1. The van der Waals surface area contributed by atoms with Crippen LogP contribution in [-0.4, -0.2) is 34.4 Å². The first-order valence-corrected chi connectivity index (χ1v) is 12.8. The highest BCUT2D eigenvalue weighted by Gasteiger charge is 2.34. The van der Waals surface area contributed by atoms with Gasteiger partial charge < -0.3 is 9.88 Å². The molecule has 0 fully saturated rings. The van der Waals surface area contributed by atoms with Crippen molar-refractivity contribution in [2.75, 3.05) is 13.1 Å². The number of hydrogen-bond donors (Lipinski definition) is 1. The van der Waals surface area contributed by atoms with Crippen molar-refractivity contribution in [3.63, 3.8) is 0 Å². The molecule has 0 saturated heterocycles. The van der Waals surface area contributed by atoms with E-state index in [1.165, 1.54) is 16.2 Å². The van der Waals surface area contributed by atoms with E-state index in [1.54, 1.807) is 24.3 Å². The summed E-state index contributed by atoms with van der Waals surface area (Å²) in [4.78, 5) is 26.7. The van der Waals surface area contributed by atoms with Gasteiger partial charge in [0.15, 0.2) is 0 Å². The number of nitrogens with one attached hydrogen (secondary N) is 1. The van der Waals surface area contributed by atoms with Crippen LogP contribution in [0.2, 0.25) is 5.02 Å². The van der Waals surface area contributed by atoms with Crippen molar-refractivity contribution in [3.8, 4) is 0 Å². The molecule has 184 valence electrons. The van der Waals surface area contributed by atoms with Crippen LogP contribution in [0.4, 0.5) is 0 Å². The predicted octanol–water partition coefficient (Wildman–Crippen LogP) is 6.32. The number of benzene rings is 3. The summed E-state index contributed by atoms with van der Waals surface area (Å²) < 4.78 is 2.36. The molecular weight excluding hydrogens is 470 g/mol. The fourth-order valence-corrected chi connectivity index (χ4v) is 5.26. The molecule has 1 N–H and O–H groups in total. The lowest BCUT2D eigenvalue weighted by Crippen LogP contribution is -2.34. The number of fused-ring (bicyclic) bond motifs is 2. The molecule has 1 atom stereocenters. The molecule has 0 bridgehead atoms. The molecule has 0 saturated carbocycles. The van der Waals surface area contributed by atoms with Gasteiger partial charge in [-0.2, -0.15) is 0 Å². The van der Waals surface area contributed by atoms with Gasteiger partial charge in [0.25, 0.3) is 11.8 Å². The highest BCUT2D eigenvalue weighted by molar-refractivity contribution is 6.31. The van der Waals surface area contributed by atoms with Gasteiger partial charge in [-0.3, -0.25) is 14.5 Å². The first-order chi connectivity index (χ1) is 17.4. The molecule has 2 heterocycles. The Balaban J connectivity index is 1.34. The van der Waals surface area contributed by atoms with Crippen molar-refractivity contribution in [1.82, 2.24) is 14.8 Å². The normalized spacial score (nSPS) is 14.2. The molecule has 6 heteroatoms. The van der Waals surface area contributed by atoms with Crippen LogP contribution >= 0.6 is 11.6 Å². The van der Waals surface area contributed by atoms with Gasteiger partial charge in [0.2, 0.25) is 0 Å². The van der Waals surface area contributed by atoms with Crippen LogP contribution in [0.5, 0.6) is 0 Å². The minimum Gasteiger partial charge on any atom is -0.339 e. The second-order valence-electron chi connectivity index (χ2n) is 9.68. The maximum atomic E-state index is 12.7. The monoisotopic (exact) mass is 499 g/mol. The molecule has 2 amide bonds. The molecule has 1 aromatic heterocycles. The Morgan fingerprint density at radius 2 is 1.53 bits per heavy atom. The van der Waals surface area contributed by atoms with E-state index in [0.29, 0.717) is 36.6 Å². The Bertz CT molecular complexity index is 1380. The van der Waals surface area contributed by atoms with Crippen molar-refractivity contribution in [2.24, 2.45) is 5.92 Å². The van der Waals surface area contributed by atoms with Crippen molar-refractivity contribution >= 4 is 34.3 Å². The average molecular weight is 500 g/mol. The Morgan fingerprint density at radius 1 is 0.861 bits per heavy atom. The summed E-state index contributed by atoms with van der Waals surface area (Å²) in [5, 5.41) is 5.55. The zero-order valence-electron chi connectivity index (χ0n) is 20.6. The van der Waals surface area contributed by atoms with Crippen molar-refractivity contribution in [1.29, 1.82) is 0 Å². The fraction of sp³-hybridized carbons (Fsp3) is 0.267. The molecule has 5 nitrogen and oxygen atoms in total. The summed E-state index contributed by atoms with van der Waals surface area (Å²) in [5.74, 6) is -0.0645. The topological polar surface area (TPSA) is 54.3 Å². The molecule has 4 aromatic rings. The lowest BCUT2D eigenvalue weighted by molar-refractivity contribution is 0.0652. The number of hydrogen-bond acceptors (Lipinski definition) is 3. The lowest BCUT2D eigenvalue weighted by Gasteiger charge is -2.25. The van der Waals surface area contributed by atoms with Crippen LogP contribution in [0.15, 0.2) is 78.9 Å². The van der Waals surface area contributed by atoms with Crippen LogP contribution in [0, 0.1) is 5.92 Å². The Hall–Kier alpha value is -3.41. The summed E-state index contributed by atoms with van der Waals surface area (Å²) in [6.45, 7) is 6.26. The van der Waals surface area contributed by atoms with E-state index in [-0.39, 0.29) is 17.9 Å². The van der Waals surface area contributed by atoms with Gasteiger partial charge in [-0.25, -0.2) is 0 Å². The second kappa shape index (κ2) is 10.3. The summed E-state index contributed by atoms with van der Waals surface area (Å²) >= 11 is 6.32. The highest BCUT2D eigenvalue weighted by atomic mass is 35.5. The molecule has 1 aliphatic rings. The molecule has 5 rings (SSSR count). The molecule has 1 aliphatic heterocycles. The molecule has 36 heavy (non-hydrogen) atoms. The first-order valence-electron chi connectivity index (χ1n) is 12.5. The summed E-state index contributed by atoms with van der Waals surface area (Å²) in [6.07, 6.45) is 0.680. The van der Waals surface area contributed by atoms with E-state index in [9.17, 15) is 9.59 Å². The number of amides is 2. The maximum Gasteiger partial charge on any atom is 0.261 e. The Labute approximate surface area is 216 Å². The minimum atomic E-state index is -0.198. The number of nitrogens with zero attached hydrogens (tertiary/aromatic N) is 2. The average Bonchev–Trinajstić information content (AvgIpc) is 3.34. The molecule has 0 radical (unpaired) electrons. The van der Waals surface area contributed by atoms with Crippen LogP contribution in [-0.2, 0) is 6.54 Å². The molecule has 1 unspecified atom stereocenters. The number of imide groups is 1. The molecule has 0 aliphatic carbocycles. The van der Waals surface area contributed by atoms with Crippen LogP contribution < -0.4 is 5.32 Å². The third kappa shape index (κ3) is 4.69. The number of rotatable bonds is 9. The van der Waals surface area contributed by atoms with E-state index in [4.69, 9.17) is 11.6 Å². The van der Waals surface area contributed by atoms with Gasteiger partial charge in [0.1, 0.15) is 0 Å². The van der Waals surface area contributed by atoms with E-state index < -0.39 is 0 Å². The maximum absolute atomic E-state index is 12.7. The van der Waals surface area contributed by atoms with Crippen molar-refractivity contribution in [3.05, 3.63) is 106 Å². The Morgan fingerprint density at radius 3 is 2.19 bits per heavy atom. The zero-order chi connectivity index (χ0) is 25.2. The molecular formula is C30H30ClN3O2. The van der Waals surface area contributed by atoms with Crippen LogP contribution in [0.1, 0.15) is 58.3 Å². The van der Waals surface area contributed by atoms with Gasteiger partial charge in [-0.1, -0.05) is 67.9 Å². The second-order valence-corrected chi connectivity index (χ2v) is 10.1. The van der Waals surface area contributed by atoms with Gasteiger partial charge in [-0.15, -0.1) is 0 Å². The smallest absolute Gasteiger partial charge is 0.261 e. The minimum absolute atomic E-state index is 0.0991. The quantitative estimate of drug-likeness (QED) is 0.217. The number of aromatic nitrogens is 1. The summed E-state index contributed by atoms with van der Waals surface area (Å²) in [7, 11) is 0. The van der Waals surface area contributed by atoms with Gasteiger partial charge in [0, 0.05) is 40.8 Å². The number of carbonyl (C=O) groups excluding carboxylic acids is 2. The first kappa shape index (κ1) is 24.3. The zero-order valence-corrected chi connectivity index (χ0v) is 21.3. The van der Waals surface area contributed by atoms with Gasteiger partial charge >= 0.3 is 0 Å². The van der Waals surface area contributed by atoms with Crippen LogP contribution in [0.3, 0.4) is 0 Å². The van der Waals surface area contributed by atoms with E-state index in [0.717, 1.165) is 22.5 Å². The van der Waals surface area contributed by atoms with Crippen molar-refractivity contribution in [2.45, 2.75) is 32.9 Å². The predicted molar refractivity (Wildman–Crippen MR) is 144 cm³/mol.